The number of amides is 2. The van der Waals surface area contributed by atoms with Gasteiger partial charge in [0.05, 0.1) is 0 Å². The van der Waals surface area contributed by atoms with E-state index in [0.29, 0.717) is 50.9 Å². The molecule has 28 heavy (non-hydrogen) atoms. The van der Waals surface area contributed by atoms with E-state index in [9.17, 15) is 18.4 Å². The first kappa shape index (κ1) is 20.3. The van der Waals surface area contributed by atoms with Crippen LogP contribution in [0.5, 0.6) is 5.75 Å². The second kappa shape index (κ2) is 9.64. The van der Waals surface area contributed by atoms with Crippen molar-refractivity contribution >= 4 is 23.2 Å². The molecule has 1 aromatic carbocycles. The van der Waals surface area contributed by atoms with Crippen LogP contribution in [0.4, 0.5) is 8.78 Å². The molecular formula is C20H22F2N2O3S. The molecule has 0 radical (unpaired) electrons. The normalized spacial score (nSPS) is 14.7. The van der Waals surface area contributed by atoms with Crippen molar-refractivity contribution in [1.82, 2.24) is 10.2 Å². The number of rotatable bonds is 7. The quantitative estimate of drug-likeness (QED) is 0.712. The predicted octanol–water partition coefficient (Wildman–Crippen LogP) is 3.61. The fourth-order valence-corrected chi connectivity index (χ4v) is 3.70. The van der Waals surface area contributed by atoms with Gasteiger partial charge in [-0.1, -0.05) is 0 Å². The lowest BCUT2D eigenvalue weighted by Crippen LogP contribution is -2.42. The number of nitrogens with one attached hydrogen (secondary N) is 1. The summed E-state index contributed by atoms with van der Waals surface area (Å²) in [4.78, 5) is 25.9. The Kier molecular flexibility index (Phi) is 6.97. The average Bonchev–Trinajstić information content (AvgIpc) is 3.22. The lowest BCUT2D eigenvalue weighted by molar-refractivity contribution is -0.133. The van der Waals surface area contributed by atoms with Gasteiger partial charge in [-0.3, -0.25) is 9.59 Å². The van der Waals surface area contributed by atoms with Gasteiger partial charge in [0.25, 0.3) is 5.91 Å². The van der Waals surface area contributed by atoms with Crippen LogP contribution in [-0.4, -0.2) is 42.5 Å². The molecule has 3 rings (SSSR count). The van der Waals surface area contributed by atoms with E-state index in [-0.39, 0.29) is 23.7 Å². The van der Waals surface area contributed by atoms with E-state index < -0.39 is 11.6 Å². The summed E-state index contributed by atoms with van der Waals surface area (Å²) in [5, 5.41) is 6.43. The van der Waals surface area contributed by atoms with Gasteiger partial charge < -0.3 is 15.0 Å². The Hall–Kier alpha value is -2.48. The van der Waals surface area contributed by atoms with Gasteiger partial charge in [-0.05, 0) is 30.0 Å². The largest absolute Gasteiger partial charge is 0.487 e. The van der Waals surface area contributed by atoms with Gasteiger partial charge in [0.2, 0.25) is 5.91 Å². The molecule has 150 valence electrons. The standard InChI is InChI=1S/C20H22F2N2O3S/c21-15-3-4-18(17(22)12-15)27-16-5-9-24(10-6-16)19(25)2-1-8-23-20(26)14-7-11-28-13-14/h3-4,7,11-13,16H,1-2,5-6,8-10H2,(H,23,26). The maximum Gasteiger partial charge on any atom is 0.252 e. The maximum absolute atomic E-state index is 13.7. The Bertz CT molecular complexity index is 806. The van der Waals surface area contributed by atoms with Crippen molar-refractivity contribution in [2.75, 3.05) is 19.6 Å². The number of carbonyl (C=O) groups excluding carboxylic acids is 2. The molecule has 1 aliphatic heterocycles. The Balaban J connectivity index is 1.35. The van der Waals surface area contributed by atoms with Crippen LogP contribution >= 0.6 is 11.3 Å². The number of nitrogens with zero attached hydrogens (tertiary/aromatic N) is 1. The second-order valence-corrected chi connectivity index (χ2v) is 7.42. The second-order valence-electron chi connectivity index (χ2n) is 6.64. The topological polar surface area (TPSA) is 58.6 Å². The summed E-state index contributed by atoms with van der Waals surface area (Å²) < 4.78 is 32.2. The number of ether oxygens (including phenoxy) is 1. The number of benzene rings is 1. The summed E-state index contributed by atoms with van der Waals surface area (Å²) >= 11 is 1.46. The van der Waals surface area contributed by atoms with Crippen molar-refractivity contribution in [3.05, 3.63) is 52.2 Å². The fourth-order valence-electron chi connectivity index (χ4n) is 3.07. The molecule has 2 aromatic rings. The molecule has 2 amide bonds. The Morgan fingerprint density at radius 1 is 1.21 bits per heavy atom. The first-order valence-corrected chi connectivity index (χ1v) is 10.2. The molecule has 0 unspecified atom stereocenters. The number of likely N-dealkylation sites (tertiary alicyclic amines) is 1. The van der Waals surface area contributed by atoms with E-state index in [1.807, 2.05) is 5.38 Å². The molecule has 5 nitrogen and oxygen atoms in total. The Morgan fingerprint density at radius 2 is 2.00 bits per heavy atom. The van der Waals surface area contributed by atoms with Crippen LogP contribution in [0.3, 0.4) is 0 Å². The number of hydrogen-bond acceptors (Lipinski definition) is 4. The van der Waals surface area contributed by atoms with Crippen molar-refractivity contribution in [3.63, 3.8) is 0 Å². The summed E-state index contributed by atoms with van der Waals surface area (Å²) in [5.41, 5.74) is 0.635. The maximum atomic E-state index is 13.7. The molecule has 0 saturated carbocycles. The van der Waals surface area contributed by atoms with E-state index in [1.54, 1.807) is 16.3 Å². The Morgan fingerprint density at radius 3 is 2.68 bits per heavy atom. The molecule has 1 aromatic heterocycles. The minimum absolute atomic E-state index is 0.0348. The van der Waals surface area contributed by atoms with Crippen LogP contribution < -0.4 is 10.1 Å². The highest BCUT2D eigenvalue weighted by molar-refractivity contribution is 7.08. The molecule has 2 heterocycles. The fraction of sp³-hybridized carbons (Fsp3) is 0.400. The number of carbonyl (C=O) groups is 2. The highest BCUT2D eigenvalue weighted by Gasteiger charge is 2.24. The van der Waals surface area contributed by atoms with Crippen molar-refractivity contribution in [2.45, 2.75) is 31.8 Å². The monoisotopic (exact) mass is 408 g/mol. The van der Waals surface area contributed by atoms with Gasteiger partial charge in [-0.25, -0.2) is 8.78 Å². The minimum Gasteiger partial charge on any atom is -0.487 e. The van der Waals surface area contributed by atoms with E-state index in [4.69, 9.17) is 4.74 Å². The van der Waals surface area contributed by atoms with Gasteiger partial charge in [0.15, 0.2) is 11.6 Å². The number of halogens is 2. The molecule has 0 bridgehead atoms. The van der Waals surface area contributed by atoms with Gasteiger partial charge in [-0.2, -0.15) is 11.3 Å². The zero-order chi connectivity index (χ0) is 19.9. The van der Waals surface area contributed by atoms with Crippen molar-refractivity contribution in [2.24, 2.45) is 0 Å². The zero-order valence-corrected chi connectivity index (χ0v) is 16.1. The van der Waals surface area contributed by atoms with Crippen LogP contribution in [0.2, 0.25) is 0 Å². The smallest absolute Gasteiger partial charge is 0.252 e. The Labute approximate surface area is 166 Å². The molecule has 0 atom stereocenters. The van der Waals surface area contributed by atoms with Crippen molar-refractivity contribution in [3.8, 4) is 5.75 Å². The lowest BCUT2D eigenvalue weighted by atomic mass is 10.1. The van der Waals surface area contributed by atoms with E-state index >= 15 is 0 Å². The van der Waals surface area contributed by atoms with Crippen LogP contribution in [0.1, 0.15) is 36.0 Å². The third-order valence-electron chi connectivity index (χ3n) is 4.62. The van der Waals surface area contributed by atoms with Gasteiger partial charge >= 0.3 is 0 Å². The molecule has 0 spiro atoms. The van der Waals surface area contributed by atoms with Crippen molar-refractivity contribution in [1.29, 1.82) is 0 Å². The minimum atomic E-state index is -0.719. The molecule has 1 aliphatic rings. The third-order valence-corrected chi connectivity index (χ3v) is 5.30. The SMILES string of the molecule is O=C(NCCCC(=O)N1CCC(Oc2ccc(F)cc2F)CC1)c1ccsc1. The summed E-state index contributed by atoms with van der Waals surface area (Å²) in [6.45, 7) is 1.52. The van der Waals surface area contributed by atoms with E-state index in [1.165, 1.54) is 17.4 Å². The summed E-state index contributed by atoms with van der Waals surface area (Å²) in [6.07, 6.45) is 1.93. The van der Waals surface area contributed by atoms with E-state index in [0.717, 1.165) is 12.1 Å². The number of thiophene rings is 1. The molecule has 1 N–H and O–H groups in total. The summed E-state index contributed by atoms with van der Waals surface area (Å²) in [7, 11) is 0. The van der Waals surface area contributed by atoms with Crippen LogP contribution in [-0.2, 0) is 4.79 Å². The first-order chi connectivity index (χ1) is 13.5. The van der Waals surface area contributed by atoms with E-state index in [2.05, 4.69) is 5.32 Å². The summed E-state index contributed by atoms with van der Waals surface area (Å²) in [5.74, 6) is -1.41. The van der Waals surface area contributed by atoms with Gasteiger partial charge in [-0.15, -0.1) is 0 Å². The number of hydrogen-bond donors (Lipinski definition) is 1. The molecule has 1 fully saturated rings. The highest BCUT2D eigenvalue weighted by atomic mass is 32.1. The third kappa shape index (κ3) is 5.51. The van der Waals surface area contributed by atoms with Crippen molar-refractivity contribution < 1.29 is 23.1 Å². The molecule has 1 saturated heterocycles. The first-order valence-electron chi connectivity index (χ1n) is 9.23. The van der Waals surface area contributed by atoms with Crippen LogP contribution in [0.25, 0.3) is 0 Å². The zero-order valence-electron chi connectivity index (χ0n) is 15.3. The lowest BCUT2D eigenvalue weighted by Gasteiger charge is -2.32. The van der Waals surface area contributed by atoms with Gasteiger partial charge in [0, 0.05) is 55.9 Å². The highest BCUT2D eigenvalue weighted by Crippen LogP contribution is 2.23. The molecular weight excluding hydrogens is 386 g/mol. The molecule has 8 heteroatoms. The molecule has 0 aliphatic carbocycles. The van der Waals surface area contributed by atoms with Gasteiger partial charge in [0.1, 0.15) is 11.9 Å². The number of piperidine rings is 1. The van der Waals surface area contributed by atoms with Crippen LogP contribution in [0, 0.1) is 11.6 Å². The van der Waals surface area contributed by atoms with Crippen LogP contribution in [0.15, 0.2) is 35.0 Å². The summed E-state index contributed by atoms with van der Waals surface area (Å²) in [6, 6.07) is 5.00. The predicted molar refractivity (Wildman–Crippen MR) is 102 cm³/mol. The average molecular weight is 408 g/mol.